The van der Waals surface area contributed by atoms with Gasteiger partial charge in [0.15, 0.2) is 5.82 Å². The van der Waals surface area contributed by atoms with Gasteiger partial charge >= 0.3 is 5.97 Å². The first kappa shape index (κ1) is 14.1. The van der Waals surface area contributed by atoms with E-state index in [1.54, 1.807) is 13.0 Å². The standard InChI is InChI=1S/C15H16ClN3O2/c1-8-13(16)9(2)19(18-8)14-11(15(20)21)7-10-5-3-4-6-12(10)17-14/h7H,3-6H2,1-2H3,(H,20,21). The number of aromatic carboxylic acids is 1. The van der Waals surface area contributed by atoms with Crippen molar-refractivity contribution < 1.29 is 9.90 Å². The zero-order chi connectivity index (χ0) is 15.1. The lowest BCUT2D eigenvalue weighted by Crippen LogP contribution is -2.15. The first-order valence-electron chi connectivity index (χ1n) is 6.97. The molecule has 0 spiro atoms. The fourth-order valence-corrected chi connectivity index (χ4v) is 2.89. The summed E-state index contributed by atoms with van der Waals surface area (Å²) in [7, 11) is 0. The van der Waals surface area contributed by atoms with Gasteiger partial charge in [-0.2, -0.15) is 5.10 Å². The average Bonchev–Trinajstić information content (AvgIpc) is 2.73. The van der Waals surface area contributed by atoms with Gasteiger partial charge in [0.25, 0.3) is 0 Å². The number of carboxylic acid groups (broad SMARTS) is 1. The lowest BCUT2D eigenvalue weighted by atomic mass is 9.95. The maximum Gasteiger partial charge on any atom is 0.339 e. The van der Waals surface area contributed by atoms with Crippen molar-refractivity contribution in [1.29, 1.82) is 0 Å². The Labute approximate surface area is 127 Å². The monoisotopic (exact) mass is 305 g/mol. The van der Waals surface area contributed by atoms with Crippen LogP contribution >= 0.6 is 11.6 Å². The van der Waals surface area contributed by atoms with Crippen LogP contribution in [0.5, 0.6) is 0 Å². The van der Waals surface area contributed by atoms with E-state index in [1.165, 1.54) is 4.68 Å². The van der Waals surface area contributed by atoms with Crippen LogP contribution < -0.4 is 0 Å². The van der Waals surface area contributed by atoms with Gasteiger partial charge in [-0.3, -0.25) is 0 Å². The maximum absolute atomic E-state index is 11.6. The molecule has 110 valence electrons. The number of halogens is 1. The molecule has 1 aliphatic rings. The summed E-state index contributed by atoms with van der Waals surface area (Å²) in [5.41, 5.74) is 3.57. The van der Waals surface area contributed by atoms with Crippen LogP contribution in [0.25, 0.3) is 5.82 Å². The summed E-state index contributed by atoms with van der Waals surface area (Å²) in [5, 5.41) is 14.4. The molecule has 0 bridgehead atoms. The van der Waals surface area contributed by atoms with Crippen molar-refractivity contribution >= 4 is 17.6 Å². The minimum atomic E-state index is -0.991. The molecule has 2 heterocycles. The molecule has 0 unspecified atom stereocenters. The summed E-state index contributed by atoms with van der Waals surface area (Å²) in [6, 6.07) is 1.74. The van der Waals surface area contributed by atoms with Crippen molar-refractivity contribution in [1.82, 2.24) is 14.8 Å². The molecule has 0 amide bonds. The van der Waals surface area contributed by atoms with Gasteiger partial charge in [0.1, 0.15) is 5.56 Å². The molecule has 6 heteroatoms. The van der Waals surface area contributed by atoms with Crippen molar-refractivity contribution in [2.75, 3.05) is 0 Å². The third-order valence-electron chi connectivity index (χ3n) is 3.91. The van der Waals surface area contributed by atoms with E-state index in [4.69, 9.17) is 11.6 Å². The number of hydrogen-bond donors (Lipinski definition) is 1. The molecule has 0 aliphatic heterocycles. The predicted octanol–water partition coefficient (Wildman–Crippen LogP) is 3.11. The Hall–Kier alpha value is -1.88. The quantitative estimate of drug-likeness (QED) is 0.925. The zero-order valence-corrected chi connectivity index (χ0v) is 12.7. The van der Waals surface area contributed by atoms with E-state index in [0.29, 0.717) is 22.2 Å². The van der Waals surface area contributed by atoms with Gasteiger partial charge < -0.3 is 5.11 Å². The lowest BCUT2D eigenvalue weighted by Gasteiger charge is -2.17. The number of pyridine rings is 1. The molecule has 0 radical (unpaired) electrons. The second kappa shape index (κ2) is 5.15. The average molecular weight is 306 g/mol. The molecule has 0 fully saturated rings. The molecule has 2 aromatic heterocycles. The van der Waals surface area contributed by atoms with Crippen molar-refractivity contribution in [3.8, 4) is 5.82 Å². The van der Waals surface area contributed by atoms with Crippen LogP contribution in [0.1, 0.15) is 45.8 Å². The summed E-state index contributed by atoms with van der Waals surface area (Å²) in [6.45, 7) is 3.61. The summed E-state index contributed by atoms with van der Waals surface area (Å²) in [5.74, 6) is -0.634. The van der Waals surface area contributed by atoms with E-state index in [1.807, 2.05) is 6.92 Å². The molecular formula is C15H16ClN3O2. The van der Waals surface area contributed by atoms with Crippen LogP contribution in [0.15, 0.2) is 6.07 Å². The van der Waals surface area contributed by atoms with E-state index in [2.05, 4.69) is 10.1 Å². The minimum absolute atomic E-state index is 0.179. The summed E-state index contributed by atoms with van der Waals surface area (Å²) >= 11 is 6.17. The Morgan fingerprint density at radius 3 is 2.67 bits per heavy atom. The number of rotatable bonds is 2. The largest absolute Gasteiger partial charge is 0.478 e. The molecule has 0 aromatic carbocycles. The molecule has 3 rings (SSSR count). The normalized spacial score (nSPS) is 14.0. The molecule has 0 saturated carbocycles. The molecule has 0 saturated heterocycles. The fourth-order valence-electron chi connectivity index (χ4n) is 2.77. The highest BCUT2D eigenvalue weighted by molar-refractivity contribution is 6.31. The van der Waals surface area contributed by atoms with Crippen LogP contribution in [-0.2, 0) is 12.8 Å². The first-order valence-corrected chi connectivity index (χ1v) is 7.35. The topological polar surface area (TPSA) is 68.0 Å². The highest BCUT2D eigenvalue weighted by Gasteiger charge is 2.22. The van der Waals surface area contributed by atoms with Crippen molar-refractivity contribution in [3.63, 3.8) is 0 Å². The van der Waals surface area contributed by atoms with Crippen LogP contribution in [0, 0.1) is 13.8 Å². The molecule has 1 aliphatic carbocycles. The van der Waals surface area contributed by atoms with E-state index in [-0.39, 0.29) is 5.56 Å². The minimum Gasteiger partial charge on any atom is -0.478 e. The summed E-state index contributed by atoms with van der Waals surface area (Å²) < 4.78 is 1.54. The van der Waals surface area contributed by atoms with Crippen molar-refractivity contribution in [2.45, 2.75) is 39.5 Å². The van der Waals surface area contributed by atoms with Gasteiger partial charge in [-0.1, -0.05) is 11.6 Å². The third-order valence-corrected chi connectivity index (χ3v) is 4.46. The Morgan fingerprint density at radius 1 is 1.33 bits per heavy atom. The van der Waals surface area contributed by atoms with Gasteiger partial charge in [-0.15, -0.1) is 0 Å². The smallest absolute Gasteiger partial charge is 0.339 e. The van der Waals surface area contributed by atoms with Crippen LogP contribution in [0.4, 0.5) is 0 Å². The zero-order valence-electron chi connectivity index (χ0n) is 12.0. The summed E-state index contributed by atoms with van der Waals surface area (Å²) in [6.07, 6.45) is 3.94. The second-order valence-electron chi connectivity index (χ2n) is 5.37. The first-order chi connectivity index (χ1) is 9.99. The van der Waals surface area contributed by atoms with Crippen LogP contribution in [0.2, 0.25) is 5.02 Å². The van der Waals surface area contributed by atoms with Gasteiger partial charge in [0, 0.05) is 5.69 Å². The number of nitrogens with zero attached hydrogens (tertiary/aromatic N) is 3. The van der Waals surface area contributed by atoms with E-state index >= 15 is 0 Å². The Bertz CT molecular complexity index is 737. The molecule has 1 N–H and O–H groups in total. The number of carbonyl (C=O) groups is 1. The number of aromatic nitrogens is 3. The number of aryl methyl sites for hydroxylation is 3. The number of carboxylic acids is 1. The lowest BCUT2D eigenvalue weighted by molar-refractivity contribution is 0.0696. The highest BCUT2D eigenvalue weighted by atomic mass is 35.5. The highest BCUT2D eigenvalue weighted by Crippen LogP contribution is 2.27. The molecule has 21 heavy (non-hydrogen) atoms. The van der Waals surface area contributed by atoms with Gasteiger partial charge in [0.05, 0.1) is 16.4 Å². The van der Waals surface area contributed by atoms with Crippen LogP contribution in [0.3, 0.4) is 0 Å². The number of fused-ring (bicyclic) bond motifs is 1. The second-order valence-corrected chi connectivity index (χ2v) is 5.75. The van der Waals surface area contributed by atoms with Gasteiger partial charge in [-0.05, 0) is 51.2 Å². The Kier molecular flexibility index (Phi) is 3.45. The summed E-state index contributed by atoms with van der Waals surface area (Å²) in [4.78, 5) is 16.2. The SMILES string of the molecule is Cc1nn(-c2nc3c(cc2C(=O)O)CCCC3)c(C)c1Cl. The molecule has 2 aromatic rings. The maximum atomic E-state index is 11.6. The fraction of sp³-hybridized carbons (Fsp3) is 0.400. The van der Waals surface area contributed by atoms with Gasteiger partial charge in [-0.25, -0.2) is 14.5 Å². The van der Waals surface area contributed by atoms with Crippen LogP contribution in [-0.4, -0.2) is 25.8 Å². The Morgan fingerprint density at radius 2 is 2.05 bits per heavy atom. The van der Waals surface area contributed by atoms with E-state index < -0.39 is 5.97 Å². The molecular weight excluding hydrogens is 290 g/mol. The van der Waals surface area contributed by atoms with E-state index in [9.17, 15) is 9.90 Å². The third kappa shape index (κ3) is 2.31. The predicted molar refractivity (Wildman–Crippen MR) is 79.4 cm³/mol. The molecule has 0 atom stereocenters. The van der Waals surface area contributed by atoms with Crippen molar-refractivity contribution in [2.24, 2.45) is 0 Å². The van der Waals surface area contributed by atoms with Crippen molar-refractivity contribution in [3.05, 3.63) is 39.3 Å². The van der Waals surface area contributed by atoms with E-state index in [0.717, 1.165) is 36.9 Å². The number of hydrogen-bond acceptors (Lipinski definition) is 3. The molecule has 5 nitrogen and oxygen atoms in total. The van der Waals surface area contributed by atoms with Gasteiger partial charge in [0.2, 0.25) is 0 Å². The Balaban J connectivity index is 2.25.